The van der Waals surface area contributed by atoms with Gasteiger partial charge in [-0.3, -0.25) is 4.79 Å². The van der Waals surface area contributed by atoms with E-state index in [0.717, 1.165) is 45.4 Å². The maximum atomic E-state index is 12.5. The van der Waals surface area contributed by atoms with E-state index in [4.69, 9.17) is 4.98 Å². The molecule has 6 heteroatoms. The summed E-state index contributed by atoms with van der Waals surface area (Å²) in [6.45, 7) is 1.14. The van der Waals surface area contributed by atoms with Crippen molar-refractivity contribution in [3.8, 4) is 0 Å². The van der Waals surface area contributed by atoms with Gasteiger partial charge in [0.15, 0.2) is 0 Å². The molecule has 1 aliphatic heterocycles. The van der Waals surface area contributed by atoms with Gasteiger partial charge in [0, 0.05) is 36.5 Å². The van der Waals surface area contributed by atoms with Crippen molar-refractivity contribution >= 4 is 49.9 Å². The lowest BCUT2D eigenvalue weighted by molar-refractivity contribution is -0.116. The number of carbonyl (C=O) groups excluding carboxylic acids is 1. The minimum atomic E-state index is 0.0104. The molecule has 2 bridgehead atoms. The van der Waals surface area contributed by atoms with Gasteiger partial charge in [0.05, 0.1) is 20.7 Å². The summed E-state index contributed by atoms with van der Waals surface area (Å²) in [7, 11) is 0. The van der Waals surface area contributed by atoms with E-state index in [1.807, 2.05) is 36.4 Å². The molecule has 3 heterocycles. The van der Waals surface area contributed by atoms with Gasteiger partial charge in [-0.25, -0.2) is 9.97 Å². The van der Waals surface area contributed by atoms with Crippen molar-refractivity contribution in [3.05, 3.63) is 59.6 Å². The predicted octanol–water partition coefficient (Wildman–Crippen LogP) is 5.40. The summed E-state index contributed by atoms with van der Waals surface area (Å²) >= 11 is 1.66. The largest absolute Gasteiger partial charge is 0.353 e. The van der Waals surface area contributed by atoms with E-state index in [0.29, 0.717) is 18.9 Å². The summed E-state index contributed by atoms with van der Waals surface area (Å²) in [6, 6.07) is 19.0. The highest BCUT2D eigenvalue weighted by atomic mass is 32.1. The first-order valence-corrected chi connectivity index (χ1v) is 11.8. The summed E-state index contributed by atoms with van der Waals surface area (Å²) in [5.74, 6) is 1.95. The Balaban J connectivity index is 1.12. The number of carbonyl (C=O) groups is 1. The van der Waals surface area contributed by atoms with Crippen LogP contribution in [0.25, 0.3) is 21.1 Å². The molecular formula is C25H24N4OS. The van der Waals surface area contributed by atoms with Gasteiger partial charge in [0.25, 0.3) is 0 Å². The number of pyridine rings is 1. The number of hydrogen-bond acceptors (Lipinski definition) is 5. The van der Waals surface area contributed by atoms with Crippen LogP contribution in [0.4, 0.5) is 11.5 Å². The zero-order valence-electron chi connectivity index (χ0n) is 17.3. The molecule has 2 aromatic carbocycles. The lowest BCUT2D eigenvalue weighted by Gasteiger charge is -2.28. The second-order valence-corrected chi connectivity index (χ2v) is 9.80. The van der Waals surface area contributed by atoms with Crippen molar-refractivity contribution in [2.24, 2.45) is 5.92 Å². The van der Waals surface area contributed by atoms with Crippen molar-refractivity contribution in [1.29, 1.82) is 0 Å². The first kappa shape index (κ1) is 18.8. The van der Waals surface area contributed by atoms with Crippen LogP contribution in [0, 0.1) is 5.92 Å². The Morgan fingerprint density at radius 2 is 2.00 bits per heavy atom. The summed E-state index contributed by atoms with van der Waals surface area (Å²) in [6.07, 6.45) is 5.07. The highest BCUT2D eigenvalue weighted by molar-refractivity contribution is 7.18. The van der Waals surface area contributed by atoms with Crippen molar-refractivity contribution in [2.45, 2.75) is 38.1 Å². The van der Waals surface area contributed by atoms with Gasteiger partial charge >= 0.3 is 0 Å². The third-order valence-electron chi connectivity index (χ3n) is 6.57. The number of hydrogen-bond donors (Lipinski definition) is 1. The van der Waals surface area contributed by atoms with E-state index < -0.39 is 0 Å². The molecule has 2 aromatic heterocycles. The number of rotatable bonds is 5. The van der Waals surface area contributed by atoms with Gasteiger partial charge < -0.3 is 10.2 Å². The van der Waals surface area contributed by atoms with Crippen molar-refractivity contribution in [1.82, 2.24) is 9.97 Å². The Kier molecular flexibility index (Phi) is 4.60. The Labute approximate surface area is 185 Å². The molecule has 1 saturated carbocycles. The van der Waals surface area contributed by atoms with E-state index in [1.54, 1.807) is 11.3 Å². The molecule has 1 saturated heterocycles. The molecule has 5 nitrogen and oxygen atoms in total. The molecule has 2 fully saturated rings. The SMILES string of the molecule is O=C(CCc1nc2ccccc2s1)Nc1ccc2nc(N3CC4CCC3C4)ccc2c1. The summed E-state index contributed by atoms with van der Waals surface area (Å²) in [5.41, 5.74) is 2.80. The van der Waals surface area contributed by atoms with Crippen LogP contribution in [0.1, 0.15) is 30.7 Å². The van der Waals surface area contributed by atoms with Crippen molar-refractivity contribution < 1.29 is 4.79 Å². The fourth-order valence-electron chi connectivity index (χ4n) is 5.03. The Morgan fingerprint density at radius 1 is 1.06 bits per heavy atom. The number of fused-ring (bicyclic) bond motifs is 4. The van der Waals surface area contributed by atoms with E-state index in [9.17, 15) is 4.79 Å². The number of amides is 1. The van der Waals surface area contributed by atoms with Gasteiger partial charge in [-0.05, 0) is 67.6 Å². The fourth-order valence-corrected chi connectivity index (χ4v) is 6.00. The molecule has 2 unspecified atom stereocenters. The smallest absolute Gasteiger partial charge is 0.224 e. The average Bonchev–Trinajstić information content (AvgIpc) is 3.52. The van der Waals surface area contributed by atoms with Crippen LogP contribution in [0.3, 0.4) is 0 Å². The third-order valence-corrected chi connectivity index (χ3v) is 7.66. The molecule has 1 amide bonds. The summed E-state index contributed by atoms with van der Waals surface area (Å²) in [4.78, 5) is 24.5. The molecule has 1 aliphatic carbocycles. The quantitative estimate of drug-likeness (QED) is 0.462. The van der Waals surface area contributed by atoms with Gasteiger partial charge in [-0.2, -0.15) is 0 Å². The molecule has 0 spiro atoms. The van der Waals surface area contributed by atoms with Crippen LogP contribution in [0.15, 0.2) is 54.6 Å². The average molecular weight is 429 g/mol. The van der Waals surface area contributed by atoms with Crippen LogP contribution in [-0.2, 0) is 11.2 Å². The normalized spacial score (nSPS) is 20.1. The summed E-state index contributed by atoms with van der Waals surface area (Å²) < 4.78 is 1.17. The van der Waals surface area contributed by atoms with Crippen LogP contribution in [-0.4, -0.2) is 28.5 Å². The maximum Gasteiger partial charge on any atom is 0.224 e. The maximum absolute atomic E-state index is 12.5. The van der Waals surface area contributed by atoms with E-state index in [2.05, 4.69) is 33.4 Å². The number of aryl methyl sites for hydroxylation is 1. The third kappa shape index (κ3) is 3.65. The molecule has 1 N–H and O–H groups in total. The minimum Gasteiger partial charge on any atom is -0.353 e. The molecule has 156 valence electrons. The number of anilines is 2. The first-order chi connectivity index (χ1) is 15.2. The van der Waals surface area contributed by atoms with Gasteiger partial charge in [0.2, 0.25) is 5.91 Å². The van der Waals surface area contributed by atoms with E-state index in [1.165, 1.54) is 24.0 Å². The minimum absolute atomic E-state index is 0.0104. The molecule has 31 heavy (non-hydrogen) atoms. The van der Waals surface area contributed by atoms with Crippen LogP contribution in [0.5, 0.6) is 0 Å². The molecule has 2 aliphatic rings. The topological polar surface area (TPSA) is 58.1 Å². The van der Waals surface area contributed by atoms with E-state index in [-0.39, 0.29) is 5.91 Å². The van der Waals surface area contributed by atoms with Crippen molar-refractivity contribution in [3.63, 3.8) is 0 Å². The molecule has 0 radical (unpaired) electrons. The lowest BCUT2D eigenvalue weighted by atomic mass is 10.1. The highest BCUT2D eigenvalue weighted by Crippen LogP contribution is 2.39. The summed E-state index contributed by atoms with van der Waals surface area (Å²) in [5, 5.41) is 5.08. The first-order valence-electron chi connectivity index (χ1n) is 11.0. The number of benzene rings is 2. The predicted molar refractivity (Wildman–Crippen MR) is 127 cm³/mol. The monoisotopic (exact) mass is 428 g/mol. The Hall–Kier alpha value is -2.99. The number of para-hydroxylation sites is 1. The highest BCUT2D eigenvalue weighted by Gasteiger charge is 2.38. The van der Waals surface area contributed by atoms with Crippen molar-refractivity contribution in [2.75, 3.05) is 16.8 Å². The van der Waals surface area contributed by atoms with E-state index >= 15 is 0 Å². The zero-order valence-corrected chi connectivity index (χ0v) is 18.1. The van der Waals surface area contributed by atoms with Gasteiger partial charge in [-0.1, -0.05) is 12.1 Å². The lowest BCUT2D eigenvalue weighted by Crippen LogP contribution is -2.32. The molecular weight excluding hydrogens is 404 g/mol. The van der Waals surface area contributed by atoms with Crippen LogP contribution in [0.2, 0.25) is 0 Å². The van der Waals surface area contributed by atoms with Crippen LogP contribution >= 0.6 is 11.3 Å². The van der Waals surface area contributed by atoms with Gasteiger partial charge in [-0.15, -0.1) is 11.3 Å². The second kappa shape index (κ2) is 7.61. The fraction of sp³-hybridized carbons (Fsp3) is 0.320. The van der Waals surface area contributed by atoms with Gasteiger partial charge in [0.1, 0.15) is 5.82 Å². The molecule has 4 aromatic rings. The number of thiazole rings is 1. The molecule has 2 atom stereocenters. The number of nitrogens with zero attached hydrogens (tertiary/aromatic N) is 3. The second-order valence-electron chi connectivity index (χ2n) is 8.69. The number of piperidine rings is 1. The number of aromatic nitrogens is 2. The zero-order chi connectivity index (χ0) is 20.8. The Morgan fingerprint density at radius 3 is 2.84 bits per heavy atom. The Bertz CT molecular complexity index is 1250. The molecule has 6 rings (SSSR count). The number of nitrogens with one attached hydrogen (secondary N) is 1. The standard InChI is InChI=1S/C25H24N4OS/c30-24(11-12-25-28-21-3-1-2-4-22(21)31-25)26-18-7-9-20-17(14-18)6-10-23(27-20)29-15-16-5-8-19(29)13-16/h1-4,6-7,9-10,14,16,19H,5,8,11-13,15H2,(H,26,30). The van der Waals surface area contributed by atoms with Crippen LogP contribution < -0.4 is 10.2 Å².